The quantitative estimate of drug-likeness (QED) is 0.406. The Bertz CT molecular complexity index is 447. The van der Waals surface area contributed by atoms with Gasteiger partial charge in [-0.15, -0.1) is 0 Å². The summed E-state index contributed by atoms with van der Waals surface area (Å²) >= 11 is 0. The summed E-state index contributed by atoms with van der Waals surface area (Å²) in [6, 6.07) is 0. The van der Waals surface area contributed by atoms with Crippen molar-refractivity contribution in [2.75, 3.05) is 0 Å². The first kappa shape index (κ1) is 12.0. The summed E-state index contributed by atoms with van der Waals surface area (Å²) in [6.07, 6.45) is 4.59. The van der Waals surface area contributed by atoms with Crippen LogP contribution in [0.2, 0.25) is 0 Å². The lowest BCUT2D eigenvalue weighted by molar-refractivity contribution is -0.137. The van der Waals surface area contributed by atoms with E-state index in [1.165, 1.54) is 5.57 Å². The van der Waals surface area contributed by atoms with Crippen molar-refractivity contribution in [2.45, 2.75) is 44.8 Å². The van der Waals surface area contributed by atoms with Crippen molar-refractivity contribution in [3.63, 3.8) is 0 Å². The zero-order valence-electron chi connectivity index (χ0n) is 11.0. The summed E-state index contributed by atoms with van der Waals surface area (Å²) in [5.74, 6) is 0.421. The molecule has 0 bridgehead atoms. The summed E-state index contributed by atoms with van der Waals surface area (Å²) in [7, 11) is 0. The third kappa shape index (κ3) is 1.57. The normalized spacial score (nSPS) is 47.2. The minimum Gasteiger partial charge on any atom is -0.454 e. The zero-order chi connectivity index (χ0) is 13.1. The lowest BCUT2D eigenvalue weighted by atomic mass is 9.78. The number of allylic oxidation sites excluding steroid dienone is 1. The van der Waals surface area contributed by atoms with Crippen molar-refractivity contribution >= 4 is 5.97 Å². The predicted molar refractivity (Wildman–Crippen MR) is 67.7 cm³/mol. The van der Waals surface area contributed by atoms with Crippen LogP contribution in [0.3, 0.4) is 0 Å². The summed E-state index contributed by atoms with van der Waals surface area (Å²) in [5.41, 5.74) is 1.21. The van der Waals surface area contributed by atoms with Gasteiger partial charge in [-0.2, -0.15) is 0 Å². The van der Waals surface area contributed by atoms with Crippen molar-refractivity contribution < 1.29 is 14.6 Å². The summed E-state index contributed by atoms with van der Waals surface area (Å²) < 4.78 is 5.36. The van der Waals surface area contributed by atoms with Gasteiger partial charge in [0.2, 0.25) is 0 Å². The Morgan fingerprint density at radius 3 is 2.94 bits per heavy atom. The zero-order valence-corrected chi connectivity index (χ0v) is 11.0. The largest absolute Gasteiger partial charge is 0.454 e. The van der Waals surface area contributed by atoms with Crippen molar-refractivity contribution in [3.8, 4) is 0 Å². The fourth-order valence-corrected chi connectivity index (χ4v) is 3.94. The monoisotopic (exact) mass is 248 g/mol. The third-order valence-electron chi connectivity index (χ3n) is 5.12. The molecule has 1 heterocycles. The van der Waals surface area contributed by atoms with Crippen LogP contribution in [0.1, 0.15) is 33.1 Å². The Labute approximate surface area is 108 Å². The Kier molecular flexibility index (Phi) is 2.46. The molecule has 2 fully saturated rings. The first-order valence-corrected chi connectivity index (χ1v) is 6.70. The van der Waals surface area contributed by atoms with Crippen LogP contribution in [0.4, 0.5) is 0 Å². The molecule has 2 aliphatic carbocycles. The minimum atomic E-state index is -0.624. The van der Waals surface area contributed by atoms with Crippen molar-refractivity contribution in [1.82, 2.24) is 0 Å². The number of esters is 1. The molecule has 1 aliphatic heterocycles. The molecular weight excluding hydrogens is 228 g/mol. The molecule has 1 N–H and O–H groups in total. The molecule has 18 heavy (non-hydrogen) atoms. The average molecular weight is 248 g/mol. The molecule has 0 amide bonds. The van der Waals surface area contributed by atoms with E-state index < -0.39 is 5.60 Å². The number of fused-ring (bicyclic) bond motifs is 2. The first-order valence-electron chi connectivity index (χ1n) is 6.70. The van der Waals surface area contributed by atoms with E-state index in [0.29, 0.717) is 11.5 Å². The van der Waals surface area contributed by atoms with Crippen molar-refractivity contribution in [3.05, 3.63) is 23.8 Å². The predicted octanol–water partition coefficient (Wildman–Crippen LogP) is 2.21. The van der Waals surface area contributed by atoms with E-state index in [-0.39, 0.29) is 23.9 Å². The van der Waals surface area contributed by atoms with Crippen LogP contribution >= 0.6 is 0 Å². The molecule has 0 aromatic carbocycles. The minimum absolute atomic E-state index is 0.0482. The van der Waals surface area contributed by atoms with Gasteiger partial charge in [0.05, 0.1) is 5.60 Å². The Hall–Kier alpha value is -1.09. The molecule has 5 atom stereocenters. The lowest BCUT2D eigenvalue weighted by Crippen LogP contribution is -2.33. The molecule has 0 spiro atoms. The maximum absolute atomic E-state index is 11.6. The molecule has 3 heteroatoms. The van der Waals surface area contributed by atoms with Crippen LogP contribution in [0.5, 0.6) is 0 Å². The van der Waals surface area contributed by atoms with Crippen molar-refractivity contribution in [2.24, 2.45) is 17.8 Å². The Morgan fingerprint density at radius 1 is 1.50 bits per heavy atom. The number of carbonyl (C=O) groups is 1. The van der Waals surface area contributed by atoms with Crippen molar-refractivity contribution in [1.29, 1.82) is 0 Å². The SMILES string of the molecule is C=C1C(=O)O[C@@H]2C=C(C)[C@H]3CC[C@@](C)(O)[C@H]3C[C@@H]12. The smallest absolute Gasteiger partial charge is 0.334 e. The molecule has 0 unspecified atom stereocenters. The van der Waals surface area contributed by atoms with Crippen LogP contribution in [0.25, 0.3) is 0 Å². The molecule has 3 rings (SSSR count). The van der Waals surface area contributed by atoms with Gasteiger partial charge in [-0.1, -0.05) is 12.2 Å². The fourth-order valence-electron chi connectivity index (χ4n) is 3.94. The van der Waals surface area contributed by atoms with Gasteiger partial charge in [-0.25, -0.2) is 4.79 Å². The first-order chi connectivity index (χ1) is 8.40. The van der Waals surface area contributed by atoms with E-state index >= 15 is 0 Å². The van der Waals surface area contributed by atoms with Gasteiger partial charge in [0.15, 0.2) is 0 Å². The molecular formula is C15H20O3. The van der Waals surface area contributed by atoms with Crippen LogP contribution < -0.4 is 0 Å². The second kappa shape index (κ2) is 3.70. The molecule has 98 valence electrons. The third-order valence-corrected chi connectivity index (χ3v) is 5.12. The van der Waals surface area contributed by atoms with Crippen LogP contribution in [0, 0.1) is 17.8 Å². The van der Waals surface area contributed by atoms with Gasteiger partial charge in [-0.05, 0) is 51.0 Å². The average Bonchev–Trinajstić information content (AvgIpc) is 2.65. The number of hydrogen-bond acceptors (Lipinski definition) is 3. The topological polar surface area (TPSA) is 46.5 Å². The van der Waals surface area contributed by atoms with E-state index in [2.05, 4.69) is 19.6 Å². The van der Waals surface area contributed by atoms with Crippen LogP contribution in [-0.2, 0) is 9.53 Å². The number of ether oxygens (including phenoxy) is 1. The van der Waals surface area contributed by atoms with Gasteiger partial charge in [-0.3, -0.25) is 0 Å². The van der Waals surface area contributed by atoms with E-state index in [1.54, 1.807) is 0 Å². The van der Waals surface area contributed by atoms with Gasteiger partial charge >= 0.3 is 5.97 Å². The molecule has 0 aromatic rings. The number of rotatable bonds is 0. The maximum atomic E-state index is 11.6. The molecule has 1 saturated carbocycles. The van der Waals surface area contributed by atoms with Crippen LogP contribution in [-0.4, -0.2) is 22.8 Å². The summed E-state index contributed by atoms with van der Waals surface area (Å²) in [6.45, 7) is 7.88. The van der Waals surface area contributed by atoms with E-state index in [4.69, 9.17) is 4.74 Å². The highest BCUT2D eigenvalue weighted by Crippen LogP contribution is 2.51. The molecule has 1 saturated heterocycles. The highest BCUT2D eigenvalue weighted by atomic mass is 16.5. The number of carbonyl (C=O) groups excluding carboxylic acids is 1. The summed E-state index contributed by atoms with van der Waals surface area (Å²) in [4.78, 5) is 11.6. The van der Waals surface area contributed by atoms with Crippen LogP contribution in [0.15, 0.2) is 23.8 Å². The second-order valence-electron chi connectivity index (χ2n) is 6.26. The Morgan fingerprint density at radius 2 is 2.22 bits per heavy atom. The maximum Gasteiger partial charge on any atom is 0.334 e. The Balaban J connectivity index is 1.99. The van der Waals surface area contributed by atoms with Gasteiger partial charge < -0.3 is 9.84 Å². The number of aliphatic hydroxyl groups is 1. The van der Waals surface area contributed by atoms with E-state index in [9.17, 15) is 9.90 Å². The highest BCUT2D eigenvalue weighted by molar-refractivity contribution is 5.91. The van der Waals surface area contributed by atoms with E-state index in [0.717, 1.165) is 19.3 Å². The molecule has 3 aliphatic rings. The fraction of sp³-hybridized carbons (Fsp3) is 0.667. The lowest BCUT2D eigenvalue weighted by Gasteiger charge is -2.30. The second-order valence-corrected chi connectivity index (χ2v) is 6.26. The molecule has 0 aromatic heterocycles. The van der Waals surface area contributed by atoms with E-state index in [1.807, 2.05) is 6.92 Å². The summed E-state index contributed by atoms with van der Waals surface area (Å²) in [5, 5.41) is 10.5. The van der Waals surface area contributed by atoms with Gasteiger partial charge in [0.25, 0.3) is 0 Å². The standard InChI is InChI=1S/C15H20O3/c1-8-6-13-11(9(2)14(16)18-13)7-12-10(8)4-5-15(12,3)17/h6,10-13,17H,2,4-5,7H2,1,3H3/t10-,11+,12+,13-,15-/m1/s1. The van der Waals surface area contributed by atoms with Gasteiger partial charge in [0.1, 0.15) is 6.10 Å². The highest BCUT2D eigenvalue weighted by Gasteiger charge is 2.50. The van der Waals surface area contributed by atoms with Gasteiger partial charge in [0, 0.05) is 11.5 Å². The molecule has 0 radical (unpaired) electrons. The molecule has 3 nitrogen and oxygen atoms in total. The number of hydrogen-bond donors (Lipinski definition) is 1.